The molecule has 1 aliphatic rings. The normalized spacial score (nSPS) is 17.2. The molecular formula is C26H34O5Si. The van der Waals surface area contributed by atoms with Crippen LogP contribution in [0.15, 0.2) is 48.5 Å². The van der Waals surface area contributed by atoms with E-state index in [1.54, 1.807) is 32.4 Å². The predicted molar refractivity (Wildman–Crippen MR) is 129 cm³/mol. The number of aliphatic hydroxyl groups is 1. The number of rotatable bonds is 8. The van der Waals surface area contributed by atoms with Crippen LogP contribution in [-0.2, 0) is 15.3 Å². The molecule has 3 rings (SSSR count). The Morgan fingerprint density at radius 3 is 2.09 bits per heavy atom. The average Bonchev–Trinajstić information content (AvgIpc) is 3.28. The van der Waals surface area contributed by atoms with E-state index in [0.29, 0.717) is 30.3 Å². The molecule has 0 amide bonds. The first kappa shape index (κ1) is 24.3. The van der Waals surface area contributed by atoms with Crippen molar-refractivity contribution >= 4 is 8.07 Å². The second-order valence-electron chi connectivity index (χ2n) is 9.11. The summed E-state index contributed by atoms with van der Waals surface area (Å²) in [6.45, 7) is 8.10. The van der Waals surface area contributed by atoms with Gasteiger partial charge in [0.1, 0.15) is 17.6 Å². The predicted octanol–water partition coefficient (Wildman–Crippen LogP) is 5.13. The van der Waals surface area contributed by atoms with Crippen LogP contribution in [0.5, 0.6) is 11.5 Å². The van der Waals surface area contributed by atoms with E-state index in [1.165, 1.54) is 0 Å². The van der Waals surface area contributed by atoms with Gasteiger partial charge in [-0.05, 0) is 24.1 Å². The van der Waals surface area contributed by atoms with Gasteiger partial charge in [0.05, 0.1) is 35.5 Å². The van der Waals surface area contributed by atoms with Gasteiger partial charge in [0, 0.05) is 23.6 Å². The number of aliphatic hydroxyl groups excluding tert-OH is 1. The highest BCUT2D eigenvalue weighted by atomic mass is 28.3. The molecule has 32 heavy (non-hydrogen) atoms. The van der Waals surface area contributed by atoms with E-state index in [2.05, 4.69) is 43.6 Å². The van der Waals surface area contributed by atoms with Gasteiger partial charge >= 0.3 is 0 Å². The molecule has 1 aliphatic heterocycles. The van der Waals surface area contributed by atoms with Crippen LogP contribution in [0.2, 0.25) is 25.2 Å². The van der Waals surface area contributed by atoms with Crippen LogP contribution in [-0.4, -0.2) is 40.6 Å². The summed E-state index contributed by atoms with van der Waals surface area (Å²) in [5.41, 5.74) is 1.88. The lowest BCUT2D eigenvalue weighted by Crippen LogP contribution is -2.32. The van der Waals surface area contributed by atoms with Gasteiger partial charge in [-0.2, -0.15) is 0 Å². The lowest BCUT2D eigenvalue weighted by Gasteiger charge is -2.31. The Labute approximate surface area is 192 Å². The minimum absolute atomic E-state index is 0.179. The van der Waals surface area contributed by atoms with Crippen LogP contribution < -0.4 is 9.47 Å². The minimum Gasteiger partial charge on any atom is -0.497 e. The largest absolute Gasteiger partial charge is 0.497 e. The smallest absolute Gasteiger partial charge is 0.195 e. The van der Waals surface area contributed by atoms with E-state index in [1.807, 2.05) is 18.2 Å². The third kappa shape index (κ3) is 5.93. The van der Waals surface area contributed by atoms with Gasteiger partial charge in [-0.15, -0.1) is 0 Å². The quantitative estimate of drug-likeness (QED) is 0.443. The van der Waals surface area contributed by atoms with E-state index in [4.69, 9.17) is 18.9 Å². The monoisotopic (exact) mass is 454 g/mol. The first-order valence-corrected chi connectivity index (χ1v) is 14.6. The van der Waals surface area contributed by atoms with E-state index >= 15 is 0 Å². The summed E-state index contributed by atoms with van der Waals surface area (Å²) in [6, 6.07) is 15.5. The summed E-state index contributed by atoms with van der Waals surface area (Å²) in [5.74, 6) is 7.02. The summed E-state index contributed by atoms with van der Waals surface area (Å²) >= 11 is 0. The highest BCUT2D eigenvalue weighted by molar-refractivity contribution is 6.78. The molecule has 1 saturated heterocycles. The Balaban J connectivity index is 1.79. The highest BCUT2D eigenvalue weighted by Crippen LogP contribution is 2.39. The van der Waals surface area contributed by atoms with Crippen molar-refractivity contribution in [1.82, 2.24) is 0 Å². The van der Waals surface area contributed by atoms with Crippen LogP contribution in [0.1, 0.15) is 30.1 Å². The van der Waals surface area contributed by atoms with Crippen molar-refractivity contribution in [3.8, 4) is 23.3 Å². The van der Waals surface area contributed by atoms with E-state index in [0.717, 1.165) is 18.4 Å². The summed E-state index contributed by atoms with van der Waals surface area (Å²) in [7, 11) is 1.54. The standard InChI is InChI=1S/C26H34O5Si/c1-28-22-17-20(18-23(19-22)29-2)25(27)12-11-24(32(3,4)5)13-14-26(30-15-16-31-26)21-9-7-6-8-10-21/h6-10,17-19,24-25,27H,13-16H2,1-5H3. The van der Waals surface area contributed by atoms with E-state index in [9.17, 15) is 5.11 Å². The molecule has 2 atom stereocenters. The molecule has 2 unspecified atom stereocenters. The second kappa shape index (κ2) is 10.5. The molecule has 1 N–H and O–H groups in total. The van der Waals surface area contributed by atoms with Crippen LogP contribution in [0.4, 0.5) is 0 Å². The first-order valence-electron chi connectivity index (χ1n) is 11.0. The number of hydrogen-bond donors (Lipinski definition) is 1. The van der Waals surface area contributed by atoms with Crippen molar-refractivity contribution in [2.24, 2.45) is 0 Å². The van der Waals surface area contributed by atoms with E-state index < -0.39 is 20.0 Å². The van der Waals surface area contributed by atoms with Gasteiger partial charge in [-0.1, -0.05) is 61.8 Å². The first-order chi connectivity index (χ1) is 15.3. The maximum Gasteiger partial charge on any atom is 0.195 e. The SMILES string of the molecule is COc1cc(OC)cc(C(O)C#CC(CCC2(c3ccccc3)OCCO2)[Si](C)(C)C)c1. The van der Waals surface area contributed by atoms with Gasteiger partial charge in [-0.3, -0.25) is 0 Å². The topological polar surface area (TPSA) is 57.2 Å². The molecule has 0 saturated carbocycles. The second-order valence-corrected chi connectivity index (χ2v) is 14.5. The van der Waals surface area contributed by atoms with Gasteiger partial charge in [0.2, 0.25) is 0 Å². The summed E-state index contributed by atoms with van der Waals surface area (Å²) in [5, 5.41) is 10.8. The Morgan fingerprint density at radius 2 is 1.56 bits per heavy atom. The fourth-order valence-corrected chi connectivity index (χ4v) is 5.44. The van der Waals surface area contributed by atoms with Gasteiger partial charge in [0.25, 0.3) is 0 Å². The zero-order valence-electron chi connectivity index (χ0n) is 19.7. The Bertz CT molecular complexity index is 914. The molecule has 2 aromatic rings. The highest BCUT2D eigenvalue weighted by Gasteiger charge is 2.39. The zero-order chi connectivity index (χ0) is 23.2. The average molecular weight is 455 g/mol. The third-order valence-electron chi connectivity index (χ3n) is 5.86. The van der Waals surface area contributed by atoms with Crippen molar-refractivity contribution in [3.63, 3.8) is 0 Å². The Kier molecular flexibility index (Phi) is 8.02. The van der Waals surface area contributed by atoms with Crippen molar-refractivity contribution in [2.75, 3.05) is 27.4 Å². The van der Waals surface area contributed by atoms with Gasteiger partial charge in [0.15, 0.2) is 5.79 Å². The van der Waals surface area contributed by atoms with Crippen LogP contribution in [0.3, 0.4) is 0 Å². The van der Waals surface area contributed by atoms with Crippen LogP contribution in [0, 0.1) is 11.8 Å². The van der Waals surface area contributed by atoms with Crippen LogP contribution >= 0.6 is 0 Å². The van der Waals surface area contributed by atoms with Crippen molar-refractivity contribution in [1.29, 1.82) is 0 Å². The lowest BCUT2D eigenvalue weighted by atomic mass is 9.99. The van der Waals surface area contributed by atoms with Crippen molar-refractivity contribution in [3.05, 3.63) is 59.7 Å². The third-order valence-corrected chi connectivity index (χ3v) is 8.38. The number of methoxy groups -OCH3 is 2. The number of ether oxygens (including phenoxy) is 4. The van der Waals surface area contributed by atoms with Gasteiger partial charge in [-0.25, -0.2) is 0 Å². The fourth-order valence-electron chi connectivity index (χ4n) is 3.91. The molecule has 172 valence electrons. The zero-order valence-corrected chi connectivity index (χ0v) is 20.7. The summed E-state index contributed by atoms with van der Waals surface area (Å²) < 4.78 is 22.8. The molecule has 5 nitrogen and oxygen atoms in total. The molecule has 1 heterocycles. The molecule has 0 spiro atoms. The Morgan fingerprint density at radius 1 is 0.969 bits per heavy atom. The summed E-state index contributed by atoms with van der Waals surface area (Å²) in [4.78, 5) is 0. The summed E-state index contributed by atoms with van der Waals surface area (Å²) in [6.07, 6.45) is 0.648. The van der Waals surface area contributed by atoms with Crippen molar-refractivity contribution < 1.29 is 24.1 Å². The van der Waals surface area contributed by atoms with Crippen LogP contribution in [0.25, 0.3) is 0 Å². The maximum atomic E-state index is 10.8. The molecule has 2 aromatic carbocycles. The molecule has 0 radical (unpaired) electrons. The number of hydrogen-bond acceptors (Lipinski definition) is 5. The molecular weight excluding hydrogens is 420 g/mol. The van der Waals surface area contributed by atoms with Gasteiger partial charge < -0.3 is 24.1 Å². The number of benzene rings is 2. The fraction of sp³-hybridized carbons (Fsp3) is 0.462. The maximum absolute atomic E-state index is 10.8. The Hall–Kier alpha value is -2.30. The van der Waals surface area contributed by atoms with E-state index in [-0.39, 0.29) is 5.54 Å². The molecule has 0 aromatic heterocycles. The molecule has 0 aliphatic carbocycles. The lowest BCUT2D eigenvalue weighted by molar-refractivity contribution is -0.171. The molecule has 1 fully saturated rings. The minimum atomic E-state index is -1.64. The molecule has 0 bridgehead atoms. The van der Waals surface area contributed by atoms with Crippen molar-refractivity contribution in [2.45, 2.75) is 49.9 Å². The molecule has 6 heteroatoms.